The third kappa shape index (κ3) is 3.81. The summed E-state index contributed by atoms with van der Waals surface area (Å²) in [5.41, 5.74) is 6.27. The Bertz CT molecular complexity index is 1330. The van der Waals surface area contributed by atoms with Gasteiger partial charge in [-0.25, -0.2) is 5.01 Å². The maximum absolute atomic E-state index is 13.3. The molecule has 0 saturated carbocycles. The van der Waals surface area contributed by atoms with E-state index < -0.39 is 0 Å². The number of likely N-dealkylation sites (tertiary alicyclic amines) is 1. The second kappa shape index (κ2) is 8.73. The van der Waals surface area contributed by atoms with Crippen LogP contribution in [0.25, 0.3) is 10.9 Å². The van der Waals surface area contributed by atoms with E-state index in [0.717, 1.165) is 18.4 Å². The number of hydrazine groups is 1. The number of fused-ring (bicyclic) bond motifs is 2. The van der Waals surface area contributed by atoms with Crippen molar-refractivity contribution in [2.75, 3.05) is 18.1 Å². The van der Waals surface area contributed by atoms with Gasteiger partial charge in [0.1, 0.15) is 0 Å². The highest BCUT2D eigenvalue weighted by Crippen LogP contribution is 2.35. The highest BCUT2D eigenvalue weighted by molar-refractivity contribution is 6.05. The van der Waals surface area contributed by atoms with Gasteiger partial charge in [-0.15, -0.1) is 0 Å². The lowest BCUT2D eigenvalue weighted by atomic mass is 9.80. The molecule has 2 atom stereocenters. The lowest BCUT2D eigenvalue weighted by Gasteiger charge is -2.38. The lowest BCUT2D eigenvalue weighted by molar-refractivity contribution is -0.139. The molecule has 2 aromatic carbocycles. The average molecular weight is 469 g/mol. The van der Waals surface area contributed by atoms with Crippen LogP contribution in [0.3, 0.4) is 0 Å². The van der Waals surface area contributed by atoms with Crippen LogP contribution in [0.1, 0.15) is 47.5 Å². The highest BCUT2D eigenvalue weighted by Gasteiger charge is 2.42. The summed E-state index contributed by atoms with van der Waals surface area (Å²) in [6, 6.07) is 15.4. The Hall–Kier alpha value is -3.87. The number of nitrogens with zero attached hydrogens (tertiary/aromatic N) is 2. The highest BCUT2D eigenvalue weighted by atomic mass is 16.2. The molecule has 3 aromatic rings. The van der Waals surface area contributed by atoms with Crippen molar-refractivity contribution in [3.63, 3.8) is 0 Å². The van der Waals surface area contributed by atoms with E-state index in [1.807, 2.05) is 23.1 Å². The third-order valence-corrected chi connectivity index (χ3v) is 7.72. The Balaban J connectivity index is 1.16. The molecule has 3 aliphatic rings. The fourth-order valence-electron chi connectivity index (χ4n) is 5.77. The summed E-state index contributed by atoms with van der Waals surface area (Å²) in [6.07, 6.45) is 9.00. The van der Waals surface area contributed by atoms with Gasteiger partial charge in [0.25, 0.3) is 5.91 Å². The summed E-state index contributed by atoms with van der Waals surface area (Å²) in [6.45, 7) is 1.37. The Kier molecular flexibility index (Phi) is 5.40. The fraction of sp³-hybridized carbons (Fsp3) is 0.321. The first kappa shape index (κ1) is 21.6. The van der Waals surface area contributed by atoms with Gasteiger partial charge < -0.3 is 9.88 Å². The second-order valence-electron chi connectivity index (χ2n) is 9.71. The Morgan fingerprint density at radius 1 is 0.914 bits per heavy atom. The number of anilines is 1. The average Bonchev–Trinajstić information content (AvgIpc) is 3.35. The van der Waals surface area contributed by atoms with Gasteiger partial charge in [-0.3, -0.25) is 19.8 Å². The van der Waals surface area contributed by atoms with Crippen LogP contribution >= 0.6 is 0 Å². The van der Waals surface area contributed by atoms with Crippen LogP contribution in [0.5, 0.6) is 0 Å². The van der Waals surface area contributed by atoms with Gasteiger partial charge in [-0.1, -0.05) is 36.4 Å². The minimum Gasteiger partial charge on any atom is -0.361 e. The number of hydrogen-bond acceptors (Lipinski definition) is 3. The van der Waals surface area contributed by atoms with Gasteiger partial charge in [0.2, 0.25) is 11.8 Å². The van der Waals surface area contributed by atoms with Crippen molar-refractivity contribution in [2.45, 2.75) is 31.6 Å². The summed E-state index contributed by atoms with van der Waals surface area (Å²) in [4.78, 5) is 44.3. The van der Waals surface area contributed by atoms with E-state index in [0.29, 0.717) is 43.1 Å². The number of aromatic amines is 1. The van der Waals surface area contributed by atoms with Crippen molar-refractivity contribution in [3.05, 3.63) is 78.0 Å². The van der Waals surface area contributed by atoms with E-state index in [9.17, 15) is 14.4 Å². The molecule has 178 valence electrons. The number of para-hydroxylation sites is 1. The molecule has 3 amide bonds. The molecular formula is C28H28N4O3. The predicted molar refractivity (Wildman–Crippen MR) is 134 cm³/mol. The molecule has 2 fully saturated rings. The van der Waals surface area contributed by atoms with Crippen LogP contribution < -0.4 is 10.4 Å². The van der Waals surface area contributed by atoms with Gasteiger partial charge >= 0.3 is 0 Å². The summed E-state index contributed by atoms with van der Waals surface area (Å²) in [7, 11) is 0. The van der Waals surface area contributed by atoms with E-state index in [1.165, 1.54) is 16.0 Å². The number of H-pyrrole nitrogens is 1. The molecule has 7 nitrogen and oxygen atoms in total. The van der Waals surface area contributed by atoms with Crippen LogP contribution in [0, 0.1) is 11.8 Å². The molecule has 2 saturated heterocycles. The number of aromatic nitrogens is 1. The zero-order valence-electron chi connectivity index (χ0n) is 19.4. The molecule has 35 heavy (non-hydrogen) atoms. The maximum atomic E-state index is 13.3. The number of rotatable bonds is 3. The topological polar surface area (TPSA) is 85.5 Å². The maximum Gasteiger partial charge on any atom is 0.253 e. The quantitative estimate of drug-likeness (QED) is 0.567. The summed E-state index contributed by atoms with van der Waals surface area (Å²) < 4.78 is 0. The largest absolute Gasteiger partial charge is 0.361 e. The van der Waals surface area contributed by atoms with Gasteiger partial charge in [0.05, 0.1) is 17.5 Å². The van der Waals surface area contributed by atoms with Gasteiger partial charge in [-0.2, -0.15) is 0 Å². The number of allylic oxidation sites excluding steroid dienone is 2. The normalized spacial score (nSPS) is 22.9. The summed E-state index contributed by atoms with van der Waals surface area (Å²) in [5.74, 6) is -0.555. The van der Waals surface area contributed by atoms with Gasteiger partial charge in [-0.05, 0) is 61.4 Å². The third-order valence-electron chi connectivity index (χ3n) is 7.72. The SMILES string of the molecule is O=C1NN(c2cccc(C(=O)N3CCC(c4c[nH]c5ccccc45)CC3)c2)C(=O)C2CC=CCC12. The molecule has 2 aliphatic heterocycles. The number of carbonyl (C=O) groups is 3. The first-order valence-electron chi connectivity index (χ1n) is 12.3. The summed E-state index contributed by atoms with van der Waals surface area (Å²) in [5, 5.41) is 2.58. The minimum absolute atomic E-state index is 0.0431. The van der Waals surface area contributed by atoms with E-state index in [2.05, 4.69) is 34.8 Å². The molecule has 7 heteroatoms. The number of amides is 3. The van der Waals surface area contributed by atoms with Crippen molar-refractivity contribution in [3.8, 4) is 0 Å². The Morgan fingerprint density at radius 2 is 1.69 bits per heavy atom. The monoisotopic (exact) mass is 468 g/mol. The van der Waals surface area contributed by atoms with E-state index in [4.69, 9.17) is 0 Å². The van der Waals surface area contributed by atoms with Crippen molar-refractivity contribution in [2.24, 2.45) is 11.8 Å². The van der Waals surface area contributed by atoms with E-state index in [1.54, 1.807) is 24.3 Å². The predicted octanol–water partition coefficient (Wildman–Crippen LogP) is 4.15. The number of piperidine rings is 1. The number of benzene rings is 2. The molecule has 1 aromatic heterocycles. The second-order valence-corrected chi connectivity index (χ2v) is 9.71. The van der Waals surface area contributed by atoms with Crippen molar-refractivity contribution < 1.29 is 14.4 Å². The molecule has 1 aliphatic carbocycles. The number of hydrogen-bond donors (Lipinski definition) is 2. The molecule has 0 spiro atoms. The Labute approximate surface area is 203 Å². The van der Waals surface area contributed by atoms with Gasteiger partial charge in [0, 0.05) is 35.8 Å². The van der Waals surface area contributed by atoms with Crippen LogP contribution in [-0.2, 0) is 9.59 Å². The zero-order valence-corrected chi connectivity index (χ0v) is 19.4. The first-order valence-corrected chi connectivity index (χ1v) is 12.3. The van der Waals surface area contributed by atoms with Gasteiger partial charge in [0.15, 0.2) is 0 Å². The first-order chi connectivity index (χ1) is 17.1. The lowest BCUT2D eigenvalue weighted by Crippen LogP contribution is -2.59. The van der Waals surface area contributed by atoms with Crippen molar-refractivity contribution >= 4 is 34.3 Å². The van der Waals surface area contributed by atoms with E-state index >= 15 is 0 Å². The van der Waals surface area contributed by atoms with Crippen LogP contribution in [0.4, 0.5) is 5.69 Å². The molecule has 0 radical (unpaired) electrons. The molecule has 0 bridgehead atoms. The van der Waals surface area contributed by atoms with E-state index in [-0.39, 0.29) is 29.6 Å². The van der Waals surface area contributed by atoms with Crippen molar-refractivity contribution in [1.82, 2.24) is 15.3 Å². The standard InChI is InChI=1S/C28H28N4O3/c33-26-22-9-1-2-10-23(22)28(35)32(30-26)20-7-5-6-19(16-20)27(34)31-14-12-18(13-15-31)24-17-29-25-11-4-3-8-21(24)25/h1-8,11,16-18,22-23,29H,9-10,12-15H2,(H,30,33). The summed E-state index contributed by atoms with van der Waals surface area (Å²) >= 11 is 0. The van der Waals surface area contributed by atoms with Crippen LogP contribution in [0.15, 0.2) is 66.9 Å². The molecule has 2 unspecified atom stereocenters. The fourth-order valence-corrected chi connectivity index (χ4v) is 5.77. The molecule has 6 rings (SSSR count). The van der Waals surface area contributed by atoms with Crippen molar-refractivity contribution in [1.29, 1.82) is 0 Å². The molecular weight excluding hydrogens is 440 g/mol. The molecule has 2 N–H and O–H groups in total. The zero-order chi connectivity index (χ0) is 23.9. The smallest absolute Gasteiger partial charge is 0.253 e. The number of nitrogens with one attached hydrogen (secondary N) is 2. The van der Waals surface area contributed by atoms with Crippen LogP contribution in [0.2, 0.25) is 0 Å². The minimum atomic E-state index is -0.350. The Morgan fingerprint density at radius 3 is 2.51 bits per heavy atom. The van der Waals surface area contributed by atoms with Crippen LogP contribution in [-0.4, -0.2) is 40.7 Å². The molecule has 3 heterocycles. The number of carbonyl (C=O) groups excluding carboxylic acids is 3.